The van der Waals surface area contributed by atoms with E-state index < -0.39 is 11.2 Å². The fraction of sp³-hybridized carbons (Fsp3) is 0.375. The molecule has 2 fully saturated rings. The predicted octanol–water partition coefficient (Wildman–Crippen LogP) is 1.39. The normalized spacial score (nSPS) is 20.3. The fourth-order valence-corrected chi connectivity index (χ4v) is 3.02. The lowest BCUT2D eigenvalue weighted by Crippen LogP contribution is -2.65. The molecular weight excluding hydrogens is 270 g/mol. The van der Waals surface area contributed by atoms with E-state index in [1.165, 1.54) is 4.90 Å². The number of rotatable bonds is 2. The minimum atomic E-state index is -0.743. The molecule has 0 unspecified atom stereocenters. The van der Waals surface area contributed by atoms with E-state index in [-0.39, 0.29) is 11.5 Å². The number of likely N-dealkylation sites (tertiary alicyclic amines) is 1. The van der Waals surface area contributed by atoms with Crippen LogP contribution in [0.1, 0.15) is 23.2 Å². The summed E-state index contributed by atoms with van der Waals surface area (Å²) in [5.41, 5.74) is -0.864. The summed E-state index contributed by atoms with van der Waals surface area (Å²) >= 11 is 0. The van der Waals surface area contributed by atoms with Crippen LogP contribution in [0.5, 0.6) is 0 Å². The molecule has 21 heavy (non-hydrogen) atoms. The van der Waals surface area contributed by atoms with Gasteiger partial charge in [-0.1, -0.05) is 18.2 Å². The summed E-state index contributed by atoms with van der Waals surface area (Å²) in [6.45, 7) is 0.617. The van der Waals surface area contributed by atoms with Gasteiger partial charge in [0, 0.05) is 5.39 Å². The monoisotopic (exact) mass is 285 g/mol. The van der Waals surface area contributed by atoms with Crippen molar-refractivity contribution in [2.75, 3.05) is 13.1 Å². The van der Waals surface area contributed by atoms with Crippen LogP contribution in [0, 0.1) is 5.92 Å². The second-order valence-electron chi connectivity index (χ2n) is 6.02. The maximum absolute atomic E-state index is 12.4. The van der Waals surface area contributed by atoms with Crippen LogP contribution in [-0.4, -0.2) is 34.6 Å². The molecule has 1 saturated heterocycles. The quantitative estimate of drug-likeness (QED) is 0.846. The van der Waals surface area contributed by atoms with Gasteiger partial charge >= 0.3 is 5.63 Å². The van der Waals surface area contributed by atoms with E-state index in [0.717, 1.165) is 18.2 Å². The van der Waals surface area contributed by atoms with E-state index in [1.54, 1.807) is 24.3 Å². The third-order valence-corrected chi connectivity index (χ3v) is 4.43. The van der Waals surface area contributed by atoms with Crippen LogP contribution in [0.25, 0.3) is 11.0 Å². The summed E-state index contributed by atoms with van der Waals surface area (Å²) in [7, 11) is 0. The number of fused-ring (bicyclic) bond motifs is 1. The number of nitrogens with zero attached hydrogens (tertiary/aromatic N) is 1. The maximum Gasteiger partial charge on any atom is 0.349 e. The van der Waals surface area contributed by atoms with Crippen molar-refractivity contribution < 1.29 is 14.3 Å². The first-order chi connectivity index (χ1) is 10.1. The molecule has 2 aromatic rings. The van der Waals surface area contributed by atoms with Crippen molar-refractivity contribution in [1.82, 2.24) is 4.90 Å². The first-order valence-corrected chi connectivity index (χ1v) is 7.11. The highest BCUT2D eigenvalue weighted by Gasteiger charge is 2.53. The molecule has 2 heterocycles. The Morgan fingerprint density at radius 3 is 2.71 bits per heavy atom. The summed E-state index contributed by atoms with van der Waals surface area (Å²) in [5.74, 6) is -0.0469. The molecule has 0 bridgehead atoms. The molecule has 1 amide bonds. The molecule has 1 aliphatic carbocycles. The summed E-state index contributed by atoms with van der Waals surface area (Å²) in [6.07, 6.45) is 2.05. The van der Waals surface area contributed by atoms with Gasteiger partial charge in [0.05, 0.1) is 13.1 Å². The van der Waals surface area contributed by atoms with E-state index in [4.69, 9.17) is 4.42 Å². The molecule has 1 saturated carbocycles. The van der Waals surface area contributed by atoms with Gasteiger partial charge in [0.2, 0.25) is 0 Å². The van der Waals surface area contributed by atoms with Gasteiger partial charge in [0.1, 0.15) is 16.7 Å². The number of β-amino-alcohol motifs (C(OH)–C–C–N with tert-alkyl or cyclic N) is 1. The molecule has 0 atom stereocenters. The number of carbonyl (C=O) groups excluding carboxylic acids is 1. The molecule has 4 rings (SSSR count). The van der Waals surface area contributed by atoms with E-state index in [2.05, 4.69) is 0 Å². The Morgan fingerprint density at radius 2 is 2.00 bits per heavy atom. The Bertz CT molecular complexity index is 784. The number of hydrogen-bond acceptors (Lipinski definition) is 4. The number of para-hydroxylation sites is 1. The van der Waals surface area contributed by atoms with Crippen molar-refractivity contribution >= 4 is 16.9 Å². The van der Waals surface area contributed by atoms with E-state index in [1.807, 2.05) is 6.07 Å². The minimum absolute atomic E-state index is 0.0338. The lowest BCUT2D eigenvalue weighted by Gasteiger charge is -2.46. The molecule has 0 spiro atoms. The molecule has 2 aliphatic rings. The van der Waals surface area contributed by atoms with Crippen LogP contribution >= 0.6 is 0 Å². The van der Waals surface area contributed by atoms with Gasteiger partial charge in [-0.25, -0.2) is 4.79 Å². The molecule has 1 aromatic heterocycles. The zero-order valence-electron chi connectivity index (χ0n) is 11.4. The Kier molecular flexibility index (Phi) is 2.50. The van der Waals surface area contributed by atoms with Crippen molar-refractivity contribution in [3.05, 3.63) is 46.3 Å². The SMILES string of the molecule is O=C(c1cc2ccccc2oc1=O)N1CC(O)(C2CC2)C1. The number of aliphatic hydroxyl groups is 1. The number of hydrogen-bond donors (Lipinski definition) is 1. The summed E-state index contributed by atoms with van der Waals surface area (Å²) in [4.78, 5) is 25.8. The van der Waals surface area contributed by atoms with Gasteiger partial charge in [-0.05, 0) is 30.9 Å². The van der Waals surface area contributed by atoms with E-state index >= 15 is 0 Å². The average molecular weight is 285 g/mol. The van der Waals surface area contributed by atoms with Crippen LogP contribution in [0.4, 0.5) is 0 Å². The molecule has 108 valence electrons. The van der Waals surface area contributed by atoms with Crippen molar-refractivity contribution in [3.63, 3.8) is 0 Å². The van der Waals surface area contributed by atoms with Crippen LogP contribution in [-0.2, 0) is 0 Å². The number of amides is 1. The zero-order chi connectivity index (χ0) is 14.6. The Morgan fingerprint density at radius 1 is 1.29 bits per heavy atom. The lowest BCUT2D eigenvalue weighted by atomic mass is 9.88. The second kappa shape index (κ2) is 4.18. The summed E-state index contributed by atoms with van der Waals surface area (Å²) in [6, 6.07) is 8.66. The highest BCUT2D eigenvalue weighted by molar-refractivity contribution is 5.97. The average Bonchev–Trinajstić information content (AvgIpc) is 3.27. The largest absolute Gasteiger partial charge is 0.422 e. The van der Waals surface area contributed by atoms with Gasteiger partial charge in [-0.2, -0.15) is 0 Å². The number of carbonyl (C=O) groups is 1. The standard InChI is InChI=1S/C16H15NO4/c18-14(17-8-16(20,9-17)11-5-6-11)12-7-10-3-1-2-4-13(10)21-15(12)19/h1-4,7,11,20H,5-6,8-9H2. The van der Waals surface area contributed by atoms with Gasteiger partial charge < -0.3 is 14.4 Å². The van der Waals surface area contributed by atoms with Gasteiger partial charge in [-0.3, -0.25) is 4.79 Å². The molecule has 1 aliphatic heterocycles. The zero-order valence-corrected chi connectivity index (χ0v) is 11.4. The fourth-order valence-electron chi connectivity index (χ4n) is 3.02. The van der Waals surface area contributed by atoms with Crippen molar-refractivity contribution in [2.45, 2.75) is 18.4 Å². The minimum Gasteiger partial charge on any atom is -0.422 e. The molecule has 5 nitrogen and oxygen atoms in total. The van der Waals surface area contributed by atoms with E-state index in [9.17, 15) is 14.7 Å². The summed E-state index contributed by atoms with van der Waals surface area (Å²) < 4.78 is 5.18. The maximum atomic E-state index is 12.4. The third kappa shape index (κ3) is 1.96. The third-order valence-electron chi connectivity index (χ3n) is 4.43. The highest BCUT2D eigenvalue weighted by atomic mass is 16.4. The topological polar surface area (TPSA) is 70.8 Å². The Labute approximate surface area is 120 Å². The Balaban J connectivity index is 1.63. The molecule has 0 radical (unpaired) electrons. The highest BCUT2D eigenvalue weighted by Crippen LogP contribution is 2.44. The van der Waals surface area contributed by atoms with Crippen LogP contribution in [0.15, 0.2) is 39.5 Å². The van der Waals surface area contributed by atoms with Crippen LogP contribution in [0.3, 0.4) is 0 Å². The summed E-state index contributed by atoms with van der Waals surface area (Å²) in [5, 5.41) is 11.0. The smallest absolute Gasteiger partial charge is 0.349 e. The number of benzene rings is 1. The molecular formula is C16H15NO4. The van der Waals surface area contributed by atoms with Crippen molar-refractivity contribution in [1.29, 1.82) is 0 Å². The van der Waals surface area contributed by atoms with Crippen LogP contribution < -0.4 is 5.63 Å². The second-order valence-corrected chi connectivity index (χ2v) is 6.02. The van der Waals surface area contributed by atoms with Crippen molar-refractivity contribution in [2.24, 2.45) is 5.92 Å². The molecule has 1 aromatic carbocycles. The Hall–Kier alpha value is -2.14. The van der Waals surface area contributed by atoms with E-state index in [0.29, 0.717) is 24.6 Å². The van der Waals surface area contributed by atoms with Gasteiger partial charge in [0.15, 0.2) is 0 Å². The van der Waals surface area contributed by atoms with Crippen LogP contribution in [0.2, 0.25) is 0 Å². The molecule has 5 heteroatoms. The predicted molar refractivity (Wildman–Crippen MR) is 76.1 cm³/mol. The first kappa shape index (κ1) is 12.6. The van der Waals surface area contributed by atoms with Gasteiger partial charge in [0.25, 0.3) is 5.91 Å². The lowest BCUT2D eigenvalue weighted by molar-refractivity contribution is -0.0959. The first-order valence-electron chi connectivity index (χ1n) is 7.11. The van der Waals surface area contributed by atoms with Gasteiger partial charge in [-0.15, -0.1) is 0 Å². The molecule has 1 N–H and O–H groups in total. The van der Waals surface area contributed by atoms with Crippen molar-refractivity contribution in [3.8, 4) is 0 Å².